The van der Waals surface area contributed by atoms with Crippen LogP contribution in [0.3, 0.4) is 0 Å². The molecule has 0 unspecified atom stereocenters. The van der Waals surface area contributed by atoms with E-state index in [-0.39, 0.29) is 5.69 Å². The molecule has 4 aromatic rings. The molecule has 190 valence electrons. The van der Waals surface area contributed by atoms with Gasteiger partial charge in [-0.05, 0) is 80.9 Å². The topological polar surface area (TPSA) is 92.4 Å². The van der Waals surface area contributed by atoms with Crippen LogP contribution in [0.15, 0.2) is 40.9 Å². The molecule has 4 heterocycles. The summed E-state index contributed by atoms with van der Waals surface area (Å²) in [5, 5.41) is 14.8. The summed E-state index contributed by atoms with van der Waals surface area (Å²) < 4.78 is 5.94. The number of anilines is 1. The maximum absolute atomic E-state index is 11.3. The highest BCUT2D eigenvalue weighted by atomic mass is 32.1. The molecule has 7 nitrogen and oxygen atoms in total. The van der Waals surface area contributed by atoms with Crippen molar-refractivity contribution >= 4 is 32.8 Å². The van der Waals surface area contributed by atoms with Gasteiger partial charge in [-0.15, -0.1) is 0 Å². The van der Waals surface area contributed by atoms with Gasteiger partial charge < -0.3 is 14.5 Å². The van der Waals surface area contributed by atoms with Crippen molar-refractivity contribution in [2.24, 2.45) is 11.3 Å². The molecule has 7 rings (SSSR count). The van der Waals surface area contributed by atoms with Gasteiger partial charge in [0, 0.05) is 30.1 Å². The lowest BCUT2D eigenvalue weighted by Gasteiger charge is -2.52. The molecule has 1 saturated heterocycles. The van der Waals surface area contributed by atoms with Gasteiger partial charge in [0.05, 0.1) is 0 Å². The number of piperidine rings is 1. The van der Waals surface area contributed by atoms with E-state index in [1.54, 1.807) is 6.07 Å². The molecule has 1 aromatic carbocycles. The van der Waals surface area contributed by atoms with Gasteiger partial charge in [-0.3, -0.25) is 0 Å². The molecule has 0 amide bonds. The standard InChI is InChI=1S/C29H30N4O3S/c1-17-4-2-3-5-20(17)24-21(25(36-32-24)19-6-7-19)14-18-15-29(16-18)10-12-33(13-11-29)28-31-22-8-9-23(27(34)35)30-26(22)37-28/h2-5,8-9,18-19H,6-7,10-16H2,1H3,(H,34,35). The molecule has 0 bridgehead atoms. The highest BCUT2D eigenvalue weighted by Crippen LogP contribution is 2.55. The minimum Gasteiger partial charge on any atom is -0.477 e. The molecular weight excluding hydrogens is 484 g/mol. The van der Waals surface area contributed by atoms with Crippen molar-refractivity contribution in [2.45, 2.75) is 57.8 Å². The quantitative estimate of drug-likeness (QED) is 0.315. The van der Waals surface area contributed by atoms with Gasteiger partial charge in [0.2, 0.25) is 0 Å². The highest BCUT2D eigenvalue weighted by molar-refractivity contribution is 7.21. The molecule has 2 saturated carbocycles. The molecule has 1 N–H and O–H groups in total. The summed E-state index contributed by atoms with van der Waals surface area (Å²) >= 11 is 1.50. The number of benzene rings is 1. The van der Waals surface area contributed by atoms with Crippen molar-refractivity contribution < 1.29 is 14.4 Å². The summed E-state index contributed by atoms with van der Waals surface area (Å²) in [6, 6.07) is 11.8. The zero-order valence-electron chi connectivity index (χ0n) is 20.9. The summed E-state index contributed by atoms with van der Waals surface area (Å²) in [5.74, 6) is 1.39. The number of rotatable bonds is 6. The fourth-order valence-electron chi connectivity index (χ4n) is 6.47. The number of aromatic carboxylic acids is 1. The number of fused-ring (bicyclic) bond motifs is 1. The van der Waals surface area contributed by atoms with Crippen LogP contribution in [-0.2, 0) is 6.42 Å². The summed E-state index contributed by atoms with van der Waals surface area (Å²) in [6.45, 7) is 4.14. The number of thiazole rings is 1. The molecule has 3 aliphatic rings. The second-order valence-corrected chi connectivity index (χ2v) is 12.2. The number of pyridine rings is 1. The van der Waals surface area contributed by atoms with Gasteiger partial charge >= 0.3 is 5.97 Å². The van der Waals surface area contributed by atoms with Gasteiger partial charge in [0.1, 0.15) is 27.5 Å². The Hall–Kier alpha value is -3.26. The maximum atomic E-state index is 11.3. The first kappa shape index (κ1) is 22.9. The number of carboxylic acids is 1. The van der Waals surface area contributed by atoms with E-state index in [1.807, 2.05) is 0 Å². The van der Waals surface area contributed by atoms with Gasteiger partial charge in [0.15, 0.2) is 5.13 Å². The van der Waals surface area contributed by atoms with Crippen LogP contribution in [0.4, 0.5) is 5.13 Å². The molecule has 1 spiro atoms. The van der Waals surface area contributed by atoms with E-state index >= 15 is 0 Å². The van der Waals surface area contributed by atoms with Gasteiger partial charge in [0.25, 0.3) is 0 Å². The molecule has 1 aliphatic heterocycles. The first-order valence-electron chi connectivity index (χ1n) is 13.3. The lowest BCUT2D eigenvalue weighted by molar-refractivity contribution is 0.0282. The second-order valence-electron chi connectivity index (χ2n) is 11.3. The third kappa shape index (κ3) is 4.11. The van der Waals surface area contributed by atoms with Crippen LogP contribution in [0, 0.1) is 18.3 Å². The Morgan fingerprint density at radius 3 is 2.65 bits per heavy atom. The Morgan fingerprint density at radius 1 is 1.14 bits per heavy atom. The number of hydrogen-bond donors (Lipinski definition) is 1. The Kier molecular flexibility index (Phi) is 5.36. The summed E-state index contributed by atoms with van der Waals surface area (Å²) in [7, 11) is 0. The second kappa shape index (κ2) is 8.65. The zero-order chi connectivity index (χ0) is 25.1. The molecule has 2 aliphatic carbocycles. The largest absolute Gasteiger partial charge is 0.477 e. The zero-order valence-corrected chi connectivity index (χ0v) is 21.8. The Bertz CT molecular complexity index is 1490. The SMILES string of the molecule is Cc1ccccc1-c1noc(C2CC2)c1CC1CC2(CCN(c3nc4ccc(C(=O)O)nc4s3)CC2)C1. The minimum atomic E-state index is -1.00. The molecule has 37 heavy (non-hydrogen) atoms. The van der Waals surface area contributed by atoms with E-state index in [0.717, 1.165) is 41.6 Å². The van der Waals surface area contributed by atoms with Crippen molar-refractivity contribution in [1.82, 2.24) is 15.1 Å². The van der Waals surface area contributed by atoms with E-state index < -0.39 is 5.97 Å². The van der Waals surface area contributed by atoms with Gasteiger partial charge in [-0.25, -0.2) is 14.8 Å². The molecule has 0 radical (unpaired) electrons. The summed E-state index contributed by atoms with van der Waals surface area (Å²) in [5.41, 5.74) is 6.16. The van der Waals surface area contributed by atoms with Crippen molar-refractivity contribution in [1.29, 1.82) is 0 Å². The normalized spacial score (nSPS) is 19.4. The Labute approximate surface area is 219 Å². The molecule has 3 fully saturated rings. The molecule has 3 aromatic heterocycles. The average molecular weight is 515 g/mol. The Balaban J connectivity index is 1.03. The first-order valence-corrected chi connectivity index (χ1v) is 14.1. The third-order valence-electron chi connectivity index (χ3n) is 8.66. The van der Waals surface area contributed by atoms with Crippen LogP contribution in [-0.4, -0.2) is 39.3 Å². The summed E-state index contributed by atoms with van der Waals surface area (Å²) in [4.78, 5) is 23.3. The molecule has 0 atom stereocenters. The monoisotopic (exact) mass is 514 g/mol. The predicted molar refractivity (Wildman–Crippen MR) is 143 cm³/mol. The van der Waals surface area contributed by atoms with Gasteiger partial charge in [-0.2, -0.15) is 0 Å². The van der Waals surface area contributed by atoms with Crippen molar-refractivity contribution in [3.63, 3.8) is 0 Å². The number of aromatic nitrogens is 3. The molecule has 8 heteroatoms. The number of nitrogens with zero attached hydrogens (tertiary/aromatic N) is 4. The van der Waals surface area contributed by atoms with E-state index in [9.17, 15) is 9.90 Å². The van der Waals surface area contributed by atoms with E-state index in [0.29, 0.717) is 22.1 Å². The Morgan fingerprint density at radius 2 is 1.92 bits per heavy atom. The number of carboxylic acid groups (broad SMARTS) is 1. The van der Waals surface area contributed by atoms with Crippen LogP contribution in [0.25, 0.3) is 21.6 Å². The van der Waals surface area contributed by atoms with E-state index in [2.05, 4.69) is 46.2 Å². The first-order chi connectivity index (χ1) is 18.0. The maximum Gasteiger partial charge on any atom is 0.354 e. The van der Waals surface area contributed by atoms with E-state index in [1.165, 1.54) is 72.6 Å². The predicted octanol–water partition coefficient (Wildman–Crippen LogP) is 6.47. The van der Waals surface area contributed by atoms with Crippen LogP contribution < -0.4 is 4.90 Å². The lowest BCUT2D eigenvalue weighted by atomic mass is 9.56. The van der Waals surface area contributed by atoms with Crippen molar-refractivity contribution in [3.8, 4) is 11.3 Å². The van der Waals surface area contributed by atoms with E-state index in [4.69, 9.17) is 9.51 Å². The highest BCUT2D eigenvalue weighted by Gasteiger charge is 2.47. The summed E-state index contributed by atoms with van der Waals surface area (Å²) in [6.07, 6.45) is 8.41. The number of carbonyl (C=O) groups is 1. The van der Waals surface area contributed by atoms with Crippen molar-refractivity contribution in [2.75, 3.05) is 18.0 Å². The third-order valence-corrected chi connectivity index (χ3v) is 9.69. The van der Waals surface area contributed by atoms with Crippen LogP contribution >= 0.6 is 11.3 Å². The minimum absolute atomic E-state index is 0.0732. The smallest absolute Gasteiger partial charge is 0.354 e. The molecular formula is C29H30N4O3S. The fraction of sp³-hybridized carbons (Fsp3) is 0.448. The van der Waals surface area contributed by atoms with Crippen LogP contribution in [0.2, 0.25) is 0 Å². The number of aryl methyl sites for hydroxylation is 1. The van der Waals surface area contributed by atoms with Crippen LogP contribution in [0.1, 0.15) is 71.8 Å². The lowest BCUT2D eigenvalue weighted by Crippen LogP contribution is -2.47. The fourth-order valence-corrected chi connectivity index (χ4v) is 7.47. The van der Waals surface area contributed by atoms with Crippen molar-refractivity contribution in [3.05, 3.63) is 59.0 Å². The van der Waals surface area contributed by atoms with Crippen LogP contribution in [0.5, 0.6) is 0 Å². The number of hydrogen-bond acceptors (Lipinski definition) is 7. The average Bonchev–Trinajstić information content (AvgIpc) is 3.50. The van der Waals surface area contributed by atoms with Gasteiger partial charge in [-0.1, -0.05) is 40.8 Å².